The number of amides is 3. The van der Waals surface area contributed by atoms with E-state index < -0.39 is 6.10 Å². The summed E-state index contributed by atoms with van der Waals surface area (Å²) in [7, 11) is 0. The molecule has 0 spiro atoms. The molecule has 2 N–H and O–H groups in total. The quantitative estimate of drug-likeness (QED) is 0.564. The molecule has 3 amide bonds. The maximum atomic E-state index is 13.2. The monoisotopic (exact) mass is 449 g/mol. The summed E-state index contributed by atoms with van der Waals surface area (Å²) in [5, 5.41) is 5.81. The summed E-state index contributed by atoms with van der Waals surface area (Å²) in [6.45, 7) is 6.79. The Balaban J connectivity index is 1.48. The second kappa shape index (κ2) is 10.3. The van der Waals surface area contributed by atoms with Gasteiger partial charge in [0.15, 0.2) is 6.10 Å². The largest absolute Gasteiger partial charge is 0.480 e. The van der Waals surface area contributed by atoms with Gasteiger partial charge in [-0.05, 0) is 61.1 Å². The Kier molecular flexibility index (Phi) is 7.21. The van der Waals surface area contributed by atoms with Crippen molar-refractivity contribution in [3.8, 4) is 5.75 Å². The van der Waals surface area contributed by atoms with Crippen LogP contribution in [0.2, 0.25) is 0 Å². The van der Waals surface area contributed by atoms with Crippen LogP contribution in [0.4, 0.5) is 16.2 Å². The van der Waals surface area contributed by atoms with Gasteiger partial charge < -0.3 is 20.3 Å². The molecule has 176 valence electrons. The molecule has 2 aromatic rings. The summed E-state index contributed by atoms with van der Waals surface area (Å²) in [5.41, 5.74) is 3.59. The minimum Gasteiger partial charge on any atom is -0.480 e. The lowest BCUT2D eigenvalue weighted by Gasteiger charge is -2.34. The summed E-state index contributed by atoms with van der Waals surface area (Å²) < 4.78 is 6.11. The van der Waals surface area contributed by atoms with E-state index in [1.165, 1.54) is 24.8 Å². The first-order chi connectivity index (χ1) is 15.9. The predicted octanol–water partition coefficient (Wildman–Crippen LogP) is 6.29. The Morgan fingerprint density at radius 3 is 2.36 bits per heavy atom. The van der Waals surface area contributed by atoms with Crippen LogP contribution in [-0.2, 0) is 11.3 Å². The molecule has 1 unspecified atom stereocenters. The van der Waals surface area contributed by atoms with Gasteiger partial charge in [0.1, 0.15) is 5.75 Å². The van der Waals surface area contributed by atoms with Gasteiger partial charge in [0.2, 0.25) is 0 Å². The molecular formula is C27H35N3O3. The zero-order valence-electron chi connectivity index (χ0n) is 19.9. The predicted molar refractivity (Wildman–Crippen MR) is 132 cm³/mol. The molecule has 0 radical (unpaired) electrons. The van der Waals surface area contributed by atoms with Crippen LogP contribution < -0.4 is 15.4 Å². The highest BCUT2D eigenvalue weighted by Crippen LogP contribution is 2.33. The van der Waals surface area contributed by atoms with Crippen molar-refractivity contribution in [2.24, 2.45) is 0 Å². The summed E-state index contributed by atoms with van der Waals surface area (Å²) in [5.74, 6) is 1.25. The van der Waals surface area contributed by atoms with Crippen molar-refractivity contribution in [1.82, 2.24) is 4.90 Å². The van der Waals surface area contributed by atoms with Crippen molar-refractivity contribution in [3.63, 3.8) is 0 Å². The third-order valence-corrected chi connectivity index (χ3v) is 6.71. The Morgan fingerprint density at radius 1 is 1.03 bits per heavy atom. The number of rotatable bonds is 5. The van der Waals surface area contributed by atoms with Gasteiger partial charge in [0.25, 0.3) is 5.91 Å². The Hall–Kier alpha value is -3.02. The van der Waals surface area contributed by atoms with Crippen LogP contribution in [0.25, 0.3) is 0 Å². The molecule has 1 saturated carbocycles. The summed E-state index contributed by atoms with van der Waals surface area (Å²) in [4.78, 5) is 27.8. The third-order valence-electron chi connectivity index (χ3n) is 6.71. The molecule has 1 heterocycles. The standard InChI is InChI=1S/C27H35N3O3/c1-4-24-26(31)30(23-8-6-5-7-9-23)17-20-16-22(14-15-25(20)33-24)29-27(32)28-21-12-10-19(11-13-21)18(2)3/h10-16,18,23-24H,4-9,17H2,1-3H3,(H2,28,29,32). The molecule has 1 aliphatic heterocycles. The molecule has 1 fully saturated rings. The SMILES string of the molecule is CCC1Oc2ccc(NC(=O)Nc3ccc(C(C)C)cc3)cc2CN(C2CCCCC2)C1=O. The van der Waals surface area contributed by atoms with Crippen LogP contribution in [0.5, 0.6) is 5.75 Å². The number of nitrogens with zero attached hydrogens (tertiary/aromatic N) is 1. The Morgan fingerprint density at radius 2 is 1.70 bits per heavy atom. The van der Waals surface area contributed by atoms with E-state index in [0.29, 0.717) is 24.6 Å². The zero-order chi connectivity index (χ0) is 23.4. The molecule has 2 aromatic carbocycles. The van der Waals surface area contributed by atoms with E-state index in [1.54, 1.807) is 0 Å². The molecular weight excluding hydrogens is 414 g/mol. The fraction of sp³-hybridized carbons (Fsp3) is 0.481. The number of nitrogens with one attached hydrogen (secondary N) is 2. The maximum absolute atomic E-state index is 13.2. The van der Waals surface area contributed by atoms with Crippen molar-refractivity contribution in [3.05, 3.63) is 53.6 Å². The van der Waals surface area contributed by atoms with Crippen molar-refractivity contribution < 1.29 is 14.3 Å². The van der Waals surface area contributed by atoms with Crippen molar-refractivity contribution >= 4 is 23.3 Å². The van der Waals surface area contributed by atoms with Crippen molar-refractivity contribution in [2.75, 3.05) is 10.6 Å². The minimum absolute atomic E-state index is 0.0812. The molecule has 4 rings (SSSR count). The Labute approximate surface area is 196 Å². The third kappa shape index (κ3) is 5.49. The molecule has 1 aliphatic carbocycles. The van der Waals surface area contributed by atoms with Gasteiger partial charge >= 0.3 is 6.03 Å². The number of hydrogen-bond donors (Lipinski definition) is 2. The highest BCUT2D eigenvalue weighted by atomic mass is 16.5. The van der Waals surface area contributed by atoms with Crippen LogP contribution in [-0.4, -0.2) is 29.0 Å². The fourth-order valence-corrected chi connectivity index (χ4v) is 4.75. The molecule has 6 nitrogen and oxygen atoms in total. The van der Waals surface area contributed by atoms with Gasteiger partial charge in [-0.15, -0.1) is 0 Å². The first-order valence-electron chi connectivity index (χ1n) is 12.2. The van der Waals surface area contributed by atoms with E-state index >= 15 is 0 Å². The number of hydrogen-bond acceptors (Lipinski definition) is 3. The first kappa shape index (κ1) is 23.1. The molecule has 0 saturated heterocycles. The van der Waals surface area contributed by atoms with Gasteiger partial charge in [-0.1, -0.05) is 52.2 Å². The zero-order valence-corrected chi connectivity index (χ0v) is 19.9. The summed E-state index contributed by atoms with van der Waals surface area (Å²) >= 11 is 0. The second-order valence-electron chi connectivity index (χ2n) is 9.45. The smallest absolute Gasteiger partial charge is 0.323 e. The van der Waals surface area contributed by atoms with E-state index in [1.807, 2.05) is 54.3 Å². The van der Waals surface area contributed by atoms with E-state index in [9.17, 15) is 9.59 Å². The molecule has 0 bridgehead atoms. The van der Waals surface area contributed by atoms with Gasteiger partial charge in [-0.3, -0.25) is 4.79 Å². The molecule has 6 heteroatoms. The van der Waals surface area contributed by atoms with E-state index in [2.05, 4.69) is 24.5 Å². The highest BCUT2D eigenvalue weighted by molar-refractivity contribution is 5.99. The number of fused-ring (bicyclic) bond motifs is 1. The van der Waals surface area contributed by atoms with Gasteiger partial charge in [-0.2, -0.15) is 0 Å². The van der Waals surface area contributed by atoms with Crippen molar-refractivity contribution in [2.45, 2.75) is 83.9 Å². The number of carbonyl (C=O) groups excluding carboxylic acids is 2. The minimum atomic E-state index is -0.455. The van der Waals surface area contributed by atoms with Crippen LogP contribution in [0.3, 0.4) is 0 Å². The molecule has 2 aliphatic rings. The lowest BCUT2D eigenvalue weighted by Crippen LogP contribution is -2.45. The summed E-state index contributed by atoms with van der Waals surface area (Å²) in [6, 6.07) is 13.5. The first-order valence-corrected chi connectivity index (χ1v) is 12.2. The lowest BCUT2D eigenvalue weighted by molar-refractivity contribution is -0.141. The van der Waals surface area contributed by atoms with E-state index in [0.717, 1.165) is 29.8 Å². The molecule has 0 aromatic heterocycles. The number of urea groups is 1. The van der Waals surface area contributed by atoms with E-state index in [-0.39, 0.29) is 18.0 Å². The van der Waals surface area contributed by atoms with Crippen LogP contribution in [0, 0.1) is 0 Å². The number of carbonyl (C=O) groups is 2. The van der Waals surface area contributed by atoms with Crippen LogP contribution in [0.1, 0.15) is 76.3 Å². The summed E-state index contributed by atoms with van der Waals surface area (Å²) in [6.07, 6.45) is 5.86. The van der Waals surface area contributed by atoms with Gasteiger partial charge in [0.05, 0.1) is 0 Å². The number of anilines is 2. The topological polar surface area (TPSA) is 70.7 Å². The maximum Gasteiger partial charge on any atom is 0.323 e. The van der Waals surface area contributed by atoms with E-state index in [4.69, 9.17) is 4.74 Å². The Bertz CT molecular complexity index is 981. The highest BCUT2D eigenvalue weighted by Gasteiger charge is 2.34. The van der Waals surface area contributed by atoms with Crippen LogP contribution in [0.15, 0.2) is 42.5 Å². The molecule has 1 atom stereocenters. The van der Waals surface area contributed by atoms with Gasteiger partial charge in [0, 0.05) is 29.5 Å². The van der Waals surface area contributed by atoms with Gasteiger partial charge in [-0.25, -0.2) is 4.79 Å². The average Bonchev–Trinajstić information content (AvgIpc) is 2.96. The number of ether oxygens (including phenoxy) is 1. The van der Waals surface area contributed by atoms with Crippen LogP contribution >= 0.6 is 0 Å². The number of benzene rings is 2. The fourth-order valence-electron chi connectivity index (χ4n) is 4.75. The lowest BCUT2D eigenvalue weighted by atomic mass is 9.93. The normalized spacial score (nSPS) is 19.0. The molecule has 33 heavy (non-hydrogen) atoms. The van der Waals surface area contributed by atoms with Crippen molar-refractivity contribution in [1.29, 1.82) is 0 Å². The second-order valence-corrected chi connectivity index (χ2v) is 9.45. The average molecular weight is 450 g/mol.